The van der Waals surface area contributed by atoms with E-state index in [0.29, 0.717) is 19.4 Å². The molecule has 1 unspecified atom stereocenters. The average molecular weight is 445 g/mol. The standard InChI is InChI=1S/C28H32N2O3/c1-21(22-9-11-23(12-10-22)24-13-14-26(32)29(2)20-24)30-17-16-28(15-6-18-31,19-27(30)33)25-7-4-3-5-8-25/h3-5,7-14,20-21,31H,6,15-19H2,1-2H3/t21-,28?/m0/s1. The molecule has 1 aromatic heterocycles. The van der Waals surface area contributed by atoms with E-state index >= 15 is 0 Å². The van der Waals surface area contributed by atoms with Gasteiger partial charge in [0.2, 0.25) is 11.5 Å². The highest BCUT2D eigenvalue weighted by atomic mass is 16.3. The minimum Gasteiger partial charge on any atom is -0.396 e. The highest BCUT2D eigenvalue weighted by molar-refractivity contribution is 5.79. The summed E-state index contributed by atoms with van der Waals surface area (Å²) in [6.07, 6.45) is 4.71. The molecule has 1 N–H and O–H groups in total. The highest BCUT2D eigenvalue weighted by Gasteiger charge is 2.41. The number of pyridine rings is 1. The van der Waals surface area contributed by atoms with Crippen molar-refractivity contribution < 1.29 is 9.90 Å². The summed E-state index contributed by atoms with van der Waals surface area (Å²) in [5.74, 6) is 0.165. The number of hydrogen-bond donors (Lipinski definition) is 1. The Hall–Kier alpha value is -3.18. The molecule has 0 bridgehead atoms. The van der Waals surface area contributed by atoms with Crippen molar-refractivity contribution in [2.24, 2.45) is 7.05 Å². The molecule has 2 atom stereocenters. The maximum atomic E-state index is 13.4. The van der Waals surface area contributed by atoms with Crippen LogP contribution in [-0.2, 0) is 17.3 Å². The fourth-order valence-corrected chi connectivity index (χ4v) is 5.06. The molecular formula is C28H32N2O3. The molecule has 0 radical (unpaired) electrons. The van der Waals surface area contributed by atoms with Crippen molar-refractivity contribution in [3.05, 3.63) is 94.4 Å². The third-order valence-corrected chi connectivity index (χ3v) is 7.12. The number of hydrogen-bond acceptors (Lipinski definition) is 3. The molecule has 0 aliphatic carbocycles. The summed E-state index contributed by atoms with van der Waals surface area (Å²) in [5, 5.41) is 9.43. The summed E-state index contributed by atoms with van der Waals surface area (Å²) in [6, 6.07) is 21.9. The number of aryl methyl sites for hydroxylation is 1. The van der Waals surface area contributed by atoms with Crippen molar-refractivity contribution in [2.45, 2.75) is 44.1 Å². The van der Waals surface area contributed by atoms with Crippen molar-refractivity contribution in [3.63, 3.8) is 0 Å². The zero-order valence-corrected chi connectivity index (χ0v) is 19.4. The van der Waals surface area contributed by atoms with Crippen molar-refractivity contribution >= 4 is 5.91 Å². The Bertz CT molecular complexity index is 1150. The molecule has 3 aromatic rings. The number of aromatic nitrogens is 1. The Balaban J connectivity index is 1.51. The van der Waals surface area contributed by atoms with E-state index in [9.17, 15) is 14.7 Å². The van der Waals surface area contributed by atoms with Crippen molar-refractivity contribution in [3.8, 4) is 11.1 Å². The van der Waals surface area contributed by atoms with Crippen molar-refractivity contribution in [2.75, 3.05) is 13.2 Å². The Morgan fingerprint density at radius 3 is 2.30 bits per heavy atom. The van der Waals surface area contributed by atoms with Crippen LogP contribution >= 0.6 is 0 Å². The lowest BCUT2D eigenvalue weighted by Crippen LogP contribution is -2.47. The van der Waals surface area contributed by atoms with Crippen LogP contribution in [0, 0.1) is 0 Å². The van der Waals surface area contributed by atoms with Crippen LogP contribution in [0.25, 0.3) is 11.1 Å². The number of amides is 1. The van der Waals surface area contributed by atoms with E-state index in [2.05, 4.69) is 43.3 Å². The van der Waals surface area contributed by atoms with Crippen LogP contribution in [0.15, 0.2) is 77.7 Å². The molecule has 0 saturated carbocycles. The van der Waals surface area contributed by atoms with Gasteiger partial charge in [-0.1, -0.05) is 54.6 Å². The topological polar surface area (TPSA) is 62.5 Å². The Kier molecular flexibility index (Phi) is 6.80. The van der Waals surface area contributed by atoms with Crippen molar-refractivity contribution in [1.29, 1.82) is 0 Å². The zero-order valence-electron chi connectivity index (χ0n) is 19.4. The Labute approximate surface area is 195 Å². The molecule has 1 saturated heterocycles. The SMILES string of the molecule is C[C@@H](c1ccc(-c2ccc(=O)n(C)c2)cc1)N1CCC(CCCO)(c2ccccc2)CC1=O. The van der Waals surface area contributed by atoms with E-state index in [0.717, 1.165) is 29.5 Å². The summed E-state index contributed by atoms with van der Waals surface area (Å²) < 4.78 is 1.58. The smallest absolute Gasteiger partial charge is 0.250 e. The van der Waals surface area contributed by atoms with Gasteiger partial charge < -0.3 is 14.6 Å². The molecule has 1 fully saturated rings. The van der Waals surface area contributed by atoms with E-state index in [1.807, 2.05) is 35.4 Å². The van der Waals surface area contributed by atoms with E-state index < -0.39 is 0 Å². The molecule has 4 rings (SSSR count). The first-order valence-electron chi connectivity index (χ1n) is 11.7. The number of benzene rings is 2. The van der Waals surface area contributed by atoms with Gasteiger partial charge in [0.25, 0.3) is 0 Å². The number of aliphatic hydroxyl groups is 1. The molecule has 172 valence electrons. The zero-order chi connectivity index (χ0) is 23.4. The third-order valence-electron chi connectivity index (χ3n) is 7.12. The summed E-state index contributed by atoms with van der Waals surface area (Å²) in [6.45, 7) is 2.93. The third kappa shape index (κ3) is 4.79. The van der Waals surface area contributed by atoms with Gasteiger partial charge in [0.1, 0.15) is 0 Å². The van der Waals surface area contributed by atoms with Crippen molar-refractivity contribution in [1.82, 2.24) is 9.47 Å². The molecule has 2 heterocycles. The van der Waals surface area contributed by atoms with E-state index in [1.165, 1.54) is 5.56 Å². The van der Waals surface area contributed by atoms with Gasteiger partial charge in [-0.3, -0.25) is 9.59 Å². The molecule has 1 aliphatic heterocycles. The number of carbonyl (C=O) groups excluding carboxylic acids is 1. The number of likely N-dealkylation sites (tertiary alicyclic amines) is 1. The predicted molar refractivity (Wildman–Crippen MR) is 131 cm³/mol. The fraction of sp³-hybridized carbons (Fsp3) is 0.357. The summed E-state index contributed by atoms with van der Waals surface area (Å²) >= 11 is 0. The van der Waals surface area contributed by atoms with Crippen LogP contribution in [0.1, 0.15) is 49.8 Å². The minimum absolute atomic E-state index is 0.0155. The van der Waals surface area contributed by atoms with E-state index in [4.69, 9.17) is 0 Å². The molecule has 2 aromatic carbocycles. The van der Waals surface area contributed by atoms with Gasteiger partial charge in [-0.05, 0) is 54.5 Å². The Morgan fingerprint density at radius 1 is 0.970 bits per heavy atom. The fourth-order valence-electron chi connectivity index (χ4n) is 5.06. The summed E-state index contributed by atoms with van der Waals surface area (Å²) in [7, 11) is 1.75. The number of rotatable bonds is 7. The second-order valence-corrected chi connectivity index (χ2v) is 9.15. The summed E-state index contributed by atoms with van der Waals surface area (Å²) in [5.41, 5.74) is 4.09. The first kappa shape index (κ1) is 23.0. The van der Waals surface area contributed by atoms with E-state index in [-0.39, 0.29) is 29.5 Å². The molecular weight excluding hydrogens is 412 g/mol. The maximum Gasteiger partial charge on any atom is 0.250 e. The van der Waals surface area contributed by atoms with Crippen LogP contribution in [0.5, 0.6) is 0 Å². The van der Waals surface area contributed by atoms with Gasteiger partial charge in [0, 0.05) is 44.3 Å². The van der Waals surface area contributed by atoms with Crippen LogP contribution in [0.4, 0.5) is 0 Å². The molecule has 1 aliphatic rings. The number of carbonyl (C=O) groups is 1. The van der Waals surface area contributed by atoms with Crippen LogP contribution in [-0.4, -0.2) is 33.6 Å². The lowest BCUT2D eigenvalue weighted by atomic mass is 9.69. The Morgan fingerprint density at radius 2 is 1.67 bits per heavy atom. The average Bonchev–Trinajstić information content (AvgIpc) is 2.85. The van der Waals surface area contributed by atoms with Crippen LogP contribution in [0.3, 0.4) is 0 Å². The monoisotopic (exact) mass is 444 g/mol. The number of piperidine rings is 1. The van der Waals surface area contributed by atoms with Gasteiger partial charge >= 0.3 is 0 Å². The van der Waals surface area contributed by atoms with Gasteiger partial charge in [-0.25, -0.2) is 0 Å². The highest BCUT2D eigenvalue weighted by Crippen LogP contribution is 2.42. The molecule has 1 amide bonds. The lowest BCUT2D eigenvalue weighted by Gasteiger charge is -2.44. The molecule has 33 heavy (non-hydrogen) atoms. The minimum atomic E-state index is -0.204. The van der Waals surface area contributed by atoms with Gasteiger partial charge in [0.15, 0.2) is 0 Å². The molecule has 5 nitrogen and oxygen atoms in total. The first-order valence-corrected chi connectivity index (χ1v) is 11.7. The summed E-state index contributed by atoms with van der Waals surface area (Å²) in [4.78, 5) is 27.0. The van der Waals surface area contributed by atoms with Crippen LogP contribution < -0.4 is 5.56 Å². The van der Waals surface area contributed by atoms with Gasteiger partial charge in [0.05, 0.1) is 6.04 Å². The predicted octanol–water partition coefficient (Wildman–Crippen LogP) is 4.45. The van der Waals surface area contributed by atoms with Crippen LogP contribution in [0.2, 0.25) is 0 Å². The van der Waals surface area contributed by atoms with Gasteiger partial charge in [-0.2, -0.15) is 0 Å². The maximum absolute atomic E-state index is 13.4. The second-order valence-electron chi connectivity index (χ2n) is 9.15. The molecule has 5 heteroatoms. The largest absolute Gasteiger partial charge is 0.396 e. The number of aliphatic hydroxyl groups excluding tert-OH is 1. The lowest BCUT2D eigenvalue weighted by molar-refractivity contribution is -0.138. The number of nitrogens with zero attached hydrogens (tertiary/aromatic N) is 2. The van der Waals surface area contributed by atoms with Gasteiger partial charge in [-0.15, -0.1) is 0 Å². The molecule has 0 spiro atoms. The van der Waals surface area contributed by atoms with E-state index in [1.54, 1.807) is 17.7 Å². The second kappa shape index (κ2) is 9.75. The quantitative estimate of drug-likeness (QED) is 0.586. The first-order chi connectivity index (χ1) is 15.9. The normalized spacial score (nSPS) is 19.5.